The van der Waals surface area contributed by atoms with Crippen molar-refractivity contribution in [3.8, 4) is 0 Å². The second-order valence-electron chi connectivity index (χ2n) is 3.08. The van der Waals surface area contributed by atoms with Gasteiger partial charge in [0.1, 0.15) is 0 Å². The van der Waals surface area contributed by atoms with Crippen molar-refractivity contribution in [2.24, 2.45) is 0 Å². The molecule has 0 aliphatic carbocycles. The summed E-state index contributed by atoms with van der Waals surface area (Å²) in [5.74, 6) is 0. The number of aromatic nitrogens is 1. The van der Waals surface area contributed by atoms with Gasteiger partial charge in [-0.25, -0.2) is 0 Å². The van der Waals surface area contributed by atoms with Gasteiger partial charge in [-0.1, -0.05) is 31.2 Å². The molecule has 0 spiro atoms. The van der Waals surface area contributed by atoms with Crippen LogP contribution in [0.25, 0.3) is 12.7 Å². The molecule has 0 N–H and O–H groups in total. The minimum absolute atomic E-state index is 0.954. The van der Waals surface area contributed by atoms with Crippen molar-refractivity contribution >= 4 is 12.7 Å². The molecule has 68 valence electrons. The van der Waals surface area contributed by atoms with Crippen molar-refractivity contribution in [1.29, 1.82) is 0 Å². The average Bonchev–Trinajstić information content (AvgIpc) is 2.16. The van der Waals surface area contributed by atoms with Crippen LogP contribution in [0.15, 0.2) is 30.0 Å². The van der Waals surface area contributed by atoms with E-state index in [9.17, 15) is 0 Å². The highest BCUT2D eigenvalue weighted by atomic mass is 14.6. The van der Waals surface area contributed by atoms with E-state index < -0.39 is 0 Å². The van der Waals surface area contributed by atoms with Crippen molar-refractivity contribution in [1.82, 2.24) is 4.98 Å². The molecular weight excluding hydrogens is 158 g/mol. The maximum atomic E-state index is 4.22. The second-order valence-corrected chi connectivity index (χ2v) is 3.08. The number of nitrogens with zero attached hydrogens (tertiary/aromatic N) is 1. The van der Waals surface area contributed by atoms with Crippen molar-refractivity contribution in [2.45, 2.75) is 20.3 Å². The summed E-state index contributed by atoms with van der Waals surface area (Å²) in [6.07, 6.45) is 6.98. The Balaban J connectivity index is 3.09. The van der Waals surface area contributed by atoms with Crippen LogP contribution in [0.5, 0.6) is 0 Å². The van der Waals surface area contributed by atoms with E-state index in [1.165, 1.54) is 5.57 Å². The Kier molecular flexibility index (Phi) is 3.44. The van der Waals surface area contributed by atoms with Gasteiger partial charge in [-0.05, 0) is 30.7 Å². The molecule has 0 atom stereocenters. The van der Waals surface area contributed by atoms with Gasteiger partial charge in [-0.15, -0.1) is 0 Å². The van der Waals surface area contributed by atoms with E-state index in [2.05, 4.69) is 31.5 Å². The Morgan fingerprint density at radius 1 is 1.62 bits per heavy atom. The summed E-state index contributed by atoms with van der Waals surface area (Å²) < 4.78 is 0. The third kappa shape index (κ3) is 2.86. The molecule has 1 aromatic rings. The standard InChI is InChI=1S/C12H15N/c1-4-10(2)7-8-12-11(3)6-5-9-13-12/h5-9H,3-4H2,1-2H3/b10-7-,12-8+. The zero-order valence-corrected chi connectivity index (χ0v) is 8.25. The summed E-state index contributed by atoms with van der Waals surface area (Å²) in [5.41, 5.74) is 1.35. The molecule has 1 heteroatoms. The minimum atomic E-state index is 0.954. The van der Waals surface area contributed by atoms with Gasteiger partial charge in [0, 0.05) is 6.20 Å². The monoisotopic (exact) mass is 173 g/mol. The van der Waals surface area contributed by atoms with E-state index in [4.69, 9.17) is 0 Å². The lowest BCUT2D eigenvalue weighted by Crippen LogP contribution is -2.25. The fourth-order valence-corrected chi connectivity index (χ4v) is 0.940. The Labute approximate surface area is 79.1 Å². The SMILES string of the molecule is C=c1cccn/c1=C/C=C(/C)CC. The van der Waals surface area contributed by atoms with Crippen LogP contribution in [0.1, 0.15) is 20.3 Å². The van der Waals surface area contributed by atoms with Gasteiger partial charge in [0.15, 0.2) is 0 Å². The third-order valence-corrected chi connectivity index (χ3v) is 2.01. The van der Waals surface area contributed by atoms with E-state index in [0.29, 0.717) is 0 Å². The van der Waals surface area contributed by atoms with Crippen LogP contribution in [0.2, 0.25) is 0 Å². The first-order valence-electron chi connectivity index (χ1n) is 4.51. The minimum Gasteiger partial charge on any atom is -0.256 e. The molecule has 1 rings (SSSR count). The van der Waals surface area contributed by atoms with Crippen molar-refractivity contribution in [2.75, 3.05) is 0 Å². The summed E-state index contributed by atoms with van der Waals surface area (Å²) >= 11 is 0. The number of allylic oxidation sites excluding steroid dienone is 2. The Bertz CT molecular complexity index is 401. The second kappa shape index (κ2) is 4.61. The first-order valence-corrected chi connectivity index (χ1v) is 4.51. The summed E-state index contributed by atoms with van der Waals surface area (Å²) in [6.45, 7) is 8.16. The molecular formula is C12H15N. The van der Waals surface area contributed by atoms with Crippen LogP contribution in [0.4, 0.5) is 0 Å². The van der Waals surface area contributed by atoms with E-state index in [0.717, 1.165) is 17.0 Å². The largest absolute Gasteiger partial charge is 0.256 e. The van der Waals surface area contributed by atoms with Gasteiger partial charge in [-0.3, -0.25) is 4.98 Å². The lowest BCUT2D eigenvalue weighted by Gasteiger charge is -1.89. The van der Waals surface area contributed by atoms with Gasteiger partial charge in [0.2, 0.25) is 0 Å². The highest BCUT2D eigenvalue weighted by Crippen LogP contribution is 1.96. The zero-order chi connectivity index (χ0) is 9.68. The van der Waals surface area contributed by atoms with Gasteiger partial charge >= 0.3 is 0 Å². The molecule has 0 radical (unpaired) electrons. The first-order chi connectivity index (χ1) is 6.24. The van der Waals surface area contributed by atoms with Crippen LogP contribution >= 0.6 is 0 Å². The molecule has 0 amide bonds. The average molecular weight is 173 g/mol. The van der Waals surface area contributed by atoms with Gasteiger partial charge in [0.05, 0.1) is 5.35 Å². The van der Waals surface area contributed by atoms with E-state index in [1.807, 2.05) is 18.2 Å². The maximum Gasteiger partial charge on any atom is 0.0695 e. The molecule has 13 heavy (non-hydrogen) atoms. The normalized spacial score (nSPS) is 13.4. The summed E-state index contributed by atoms with van der Waals surface area (Å²) in [7, 11) is 0. The molecule has 0 aliphatic heterocycles. The molecule has 0 fully saturated rings. The van der Waals surface area contributed by atoms with Crippen LogP contribution in [-0.4, -0.2) is 4.98 Å². The fraction of sp³-hybridized carbons (Fsp3) is 0.250. The van der Waals surface area contributed by atoms with Crippen LogP contribution in [0.3, 0.4) is 0 Å². The molecule has 0 aliphatic rings. The van der Waals surface area contributed by atoms with Gasteiger partial charge < -0.3 is 0 Å². The van der Waals surface area contributed by atoms with Gasteiger partial charge in [0.25, 0.3) is 0 Å². The molecule has 0 aromatic carbocycles. The molecule has 0 saturated heterocycles. The summed E-state index contributed by atoms with van der Waals surface area (Å²) in [4.78, 5) is 4.22. The number of rotatable bonds is 2. The predicted molar refractivity (Wildman–Crippen MR) is 57.5 cm³/mol. The Morgan fingerprint density at radius 2 is 2.38 bits per heavy atom. The Hall–Kier alpha value is -1.37. The Morgan fingerprint density at radius 3 is 3.00 bits per heavy atom. The highest BCUT2D eigenvalue weighted by Gasteiger charge is 1.82. The smallest absolute Gasteiger partial charge is 0.0695 e. The predicted octanol–water partition coefficient (Wildman–Crippen LogP) is 1.63. The third-order valence-electron chi connectivity index (χ3n) is 2.01. The van der Waals surface area contributed by atoms with E-state index in [1.54, 1.807) is 6.20 Å². The topological polar surface area (TPSA) is 12.9 Å². The molecule has 1 heterocycles. The molecule has 1 nitrogen and oxygen atoms in total. The fourth-order valence-electron chi connectivity index (χ4n) is 0.940. The zero-order valence-electron chi connectivity index (χ0n) is 8.25. The van der Waals surface area contributed by atoms with Crippen LogP contribution in [0, 0.1) is 0 Å². The van der Waals surface area contributed by atoms with Crippen molar-refractivity contribution in [3.05, 3.63) is 40.5 Å². The highest BCUT2D eigenvalue weighted by molar-refractivity contribution is 5.37. The maximum absolute atomic E-state index is 4.22. The number of hydrogen-bond acceptors (Lipinski definition) is 1. The lowest BCUT2D eigenvalue weighted by molar-refractivity contribution is 1.10. The molecule has 0 bridgehead atoms. The number of hydrogen-bond donors (Lipinski definition) is 0. The molecule has 1 aromatic heterocycles. The van der Waals surface area contributed by atoms with Gasteiger partial charge in [-0.2, -0.15) is 0 Å². The van der Waals surface area contributed by atoms with E-state index in [-0.39, 0.29) is 0 Å². The quantitative estimate of drug-likeness (QED) is 0.662. The lowest BCUT2D eigenvalue weighted by atomic mass is 10.2. The first kappa shape index (κ1) is 9.72. The summed E-state index contributed by atoms with van der Waals surface area (Å²) in [5, 5.41) is 1.93. The molecule has 0 saturated carbocycles. The number of pyridine rings is 1. The van der Waals surface area contributed by atoms with E-state index >= 15 is 0 Å². The van der Waals surface area contributed by atoms with Crippen molar-refractivity contribution in [3.63, 3.8) is 0 Å². The summed E-state index contributed by atoms with van der Waals surface area (Å²) in [6, 6.07) is 3.87. The molecule has 0 unspecified atom stereocenters. The van der Waals surface area contributed by atoms with Crippen LogP contribution < -0.4 is 10.6 Å². The van der Waals surface area contributed by atoms with Crippen LogP contribution in [-0.2, 0) is 0 Å². The van der Waals surface area contributed by atoms with Crippen molar-refractivity contribution < 1.29 is 0 Å².